The summed E-state index contributed by atoms with van der Waals surface area (Å²) in [6, 6.07) is 7.89. The van der Waals surface area contributed by atoms with Gasteiger partial charge in [-0.1, -0.05) is 35.4 Å². The topological polar surface area (TPSA) is 26.0 Å². The summed E-state index contributed by atoms with van der Waals surface area (Å²) >= 11 is 5.77. The van der Waals surface area contributed by atoms with Gasteiger partial charge in [0.25, 0.3) is 0 Å². The Morgan fingerprint density at radius 2 is 2.00 bits per heavy atom. The second kappa shape index (κ2) is 5.05. The molecule has 2 N–H and O–H groups in total. The average molecular weight is 196 g/mol. The van der Waals surface area contributed by atoms with Crippen LogP contribution in [0.5, 0.6) is 0 Å². The van der Waals surface area contributed by atoms with Crippen molar-refractivity contribution in [3.8, 4) is 0 Å². The van der Waals surface area contributed by atoms with Crippen LogP contribution in [0.3, 0.4) is 0 Å². The molecule has 0 bridgehead atoms. The third-order valence-electron chi connectivity index (χ3n) is 1.86. The molecule has 0 aliphatic heterocycles. The number of hydrogen-bond donors (Lipinski definition) is 1. The first kappa shape index (κ1) is 10.3. The number of allylic oxidation sites excluding steroid dienone is 1. The first-order valence-corrected chi connectivity index (χ1v) is 4.70. The number of rotatable bonds is 3. The Morgan fingerprint density at radius 3 is 2.54 bits per heavy atom. The molecule has 0 aromatic heterocycles. The van der Waals surface area contributed by atoms with E-state index in [-0.39, 0.29) is 0 Å². The van der Waals surface area contributed by atoms with Crippen molar-refractivity contribution in [2.45, 2.75) is 13.3 Å². The standard InChI is InChI=1S/C11H14ClN/c1-9(6-7-13)8-10-2-4-11(12)5-3-10/h2-6H,7-8,13H2,1H3/b9-6-. The predicted octanol–water partition coefficient (Wildman–Crippen LogP) is 2.79. The molecule has 1 rings (SSSR count). The van der Waals surface area contributed by atoms with Gasteiger partial charge >= 0.3 is 0 Å². The van der Waals surface area contributed by atoms with Crippen LogP contribution >= 0.6 is 11.6 Å². The van der Waals surface area contributed by atoms with Gasteiger partial charge in [-0.25, -0.2) is 0 Å². The van der Waals surface area contributed by atoms with Crippen molar-refractivity contribution in [1.29, 1.82) is 0 Å². The second-order valence-electron chi connectivity index (χ2n) is 3.09. The van der Waals surface area contributed by atoms with Crippen LogP contribution in [0, 0.1) is 0 Å². The summed E-state index contributed by atoms with van der Waals surface area (Å²) in [4.78, 5) is 0. The van der Waals surface area contributed by atoms with Gasteiger partial charge in [0, 0.05) is 11.6 Å². The number of halogens is 1. The molecular weight excluding hydrogens is 182 g/mol. The summed E-state index contributed by atoms with van der Waals surface area (Å²) in [6.07, 6.45) is 2.99. The lowest BCUT2D eigenvalue weighted by Crippen LogP contribution is -1.96. The van der Waals surface area contributed by atoms with Crippen molar-refractivity contribution in [2.75, 3.05) is 6.54 Å². The first-order chi connectivity index (χ1) is 6.22. The zero-order valence-electron chi connectivity index (χ0n) is 7.76. The van der Waals surface area contributed by atoms with Crippen molar-refractivity contribution in [3.63, 3.8) is 0 Å². The monoisotopic (exact) mass is 195 g/mol. The van der Waals surface area contributed by atoms with E-state index in [0.717, 1.165) is 11.4 Å². The van der Waals surface area contributed by atoms with Gasteiger partial charge < -0.3 is 5.73 Å². The molecule has 0 aliphatic rings. The van der Waals surface area contributed by atoms with Crippen molar-refractivity contribution >= 4 is 11.6 Å². The maximum atomic E-state index is 5.77. The van der Waals surface area contributed by atoms with Crippen molar-refractivity contribution < 1.29 is 0 Å². The van der Waals surface area contributed by atoms with Crippen molar-refractivity contribution in [3.05, 3.63) is 46.5 Å². The van der Waals surface area contributed by atoms with Gasteiger partial charge in [0.15, 0.2) is 0 Å². The molecule has 0 radical (unpaired) electrons. The molecule has 0 unspecified atom stereocenters. The molecule has 0 atom stereocenters. The molecule has 0 spiro atoms. The Morgan fingerprint density at radius 1 is 1.38 bits per heavy atom. The van der Waals surface area contributed by atoms with E-state index in [4.69, 9.17) is 17.3 Å². The maximum absolute atomic E-state index is 5.77. The fourth-order valence-corrected chi connectivity index (χ4v) is 1.32. The van der Waals surface area contributed by atoms with E-state index in [1.807, 2.05) is 30.3 Å². The minimum absolute atomic E-state index is 0.611. The lowest BCUT2D eigenvalue weighted by atomic mass is 10.1. The quantitative estimate of drug-likeness (QED) is 0.738. The maximum Gasteiger partial charge on any atom is 0.0406 e. The van der Waals surface area contributed by atoms with Gasteiger partial charge in [-0.05, 0) is 31.0 Å². The molecule has 1 nitrogen and oxygen atoms in total. The highest BCUT2D eigenvalue weighted by Gasteiger charge is 1.94. The highest BCUT2D eigenvalue weighted by atomic mass is 35.5. The van der Waals surface area contributed by atoms with E-state index in [2.05, 4.69) is 6.92 Å². The molecule has 0 aliphatic carbocycles. The van der Waals surface area contributed by atoms with Crippen molar-refractivity contribution in [2.24, 2.45) is 5.73 Å². The second-order valence-corrected chi connectivity index (χ2v) is 3.53. The van der Waals surface area contributed by atoms with Gasteiger partial charge in [-0.15, -0.1) is 0 Å². The highest BCUT2D eigenvalue weighted by Crippen LogP contribution is 2.12. The summed E-state index contributed by atoms with van der Waals surface area (Å²) < 4.78 is 0. The Kier molecular flexibility index (Phi) is 4.00. The molecule has 2 heteroatoms. The van der Waals surface area contributed by atoms with E-state index >= 15 is 0 Å². The van der Waals surface area contributed by atoms with Crippen LogP contribution in [0.25, 0.3) is 0 Å². The molecule has 13 heavy (non-hydrogen) atoms. The third-order valence-corrected chi connectivity index (χ3v) is 2.11. The fraction of sp³-hybridized carbons (Fsp3) is 0.273. The molecule has 0 saturated carbocycles. The van der Waals surface area contributed by atoms with E-state index in [0.29, 0.717) is 6.54 Å². The number of hydrogen-bond acceptors (Lipinski definition) is 1. The fourth-order valence-electron chi connectivity index (χ4n) is 1.20. The van der Waals surface area contributed by atoms with E-state index in [1.165, 1.54) is 11.1 Å². The van der Waals surface area contributed by atoms with Crippen LogP contribution in [-0.4, -0.2) is 6.54 Å². The molecule has 0 saturated heterocycles. The molecule has 1 aromatic rings. The smallest absolute Gasteiger partial charge is 0.0406 e. The minimum atomic E-state index is 0.611. The lowest BCUT2D eigenvalue weighted by molar-refractivity contribution is 1.10. The van der Waals surface area contributed by atoms with Crippen LogP contribution in [0.4, 0.5) is 0 Å². The van der Waals surface area contributed by atoms with Crippen LogP contribution < -0.4 is 5.73 Å². The molecule has 1 aromatic carbocycles. The summed E-state index contributed by atoms with van der Waals surface area (Å²) in [7, 11) is 0. The van der Waals surface area contributed by atoms with Gasteiger partial charge in [0.05, 0.1) is 0 Å². The number of nitrogens with two attached hydrogens (primary N) is 1. The normalized spacial score (nSPS) is 11.8. The Balaban J connectivity index is 2.64. The molecule has 0 heterocycles. The molecule has 70 valence electrons. The van der Waals surface area contributed by atoms with E-state index in [9.17, 15) is 0 Å². The lowest BCUT2D eigenvalue weighted by Gasteiger charge is -2.01. The third kappa shape index (κ3) is 3.62. The molecule has 0 amide bonds. The predicted molar refractivity (Wildman–Crippen MR) is 58.0 cm³/mol. The van der Waals surface area contributed by atoms with Gasteiger partial charge in [0.2, 0.25) is 0 Å². The van der Waals surface area contributed by atoms with Gasteiger partial charge in [-0.3, -0.25) is 0 Å². The Hall–Kier alpha value is -0.790. The van der Waals surface area contributed by atoms with Crippen LogP contribution in [-0.2, 0) is 6.42 Å². The van der Waals surface area contributed by atoms with Gasteiger partial charge in [-0.2, -0.15) is 0 Å². The summed E-state index contributed by atoms with van der Waals surface area (Å²) in [5.74, 6) is 0. The molecule has 0 fully saturated rings. The van der Waals surface area contributed by atoms with E-state index < -0.39 is 0 Å². The largest absolute Gasteiger partial charge is 0.327 e. The summed E-state index contributed by atoms with van der Waals surface area (Å²) in [5.41, 5.74) is 7.98. The first-order valence-electron chi connectivity index (χ1n) is 4.32. The summed E-state index contributed by atoms with van der Waals surface area (Å²) in [6.45, 7) is 2.70. The molecular formula is C11H14ClN. The zero-order chi connectivity index (χ0) is 9.68. The Bertz CT molecular complexity index is 287. The summed E-state index contributed by atoms with van der Waals surface area (Å²) in [5, 5.41) is 0.782. The SMILES string of the molecule is C/C(=C/CN)Cc1ccc(Cl)cc1. The van der Waals surface area contributed by atoms with E-state index in [1.54, 1.807) is 0 Å². The minimum Gasteiger partial charge on any atom is -0.327 e. The van der Waals surface area contributed by atoms with Gasteiger partial charge in [0.1, 0.15) is 0 Å². The van der Waals surface area contributed by atoms with Crippen LogP contribution in [0.2, 0.25) is 5.02 Å². The Labute approximate surface area is 84.2 Å². The van der Waals surface area contributed by atoms with Crippen LogP contribution in [0.1, 0.15) is 12.5 Å². The highest BCUT2D eigenvalue weighted by molar-refractivity contribution is 6.30. The average Bonchev–Trinajstić information content (AvgIpc) is 2.09. The van der Waals surface area contributed by atoms with Crippen LogP contribution in [0.15, 0.2) is 35.9 Å². The number of benzene rings is 1. The zero-order valence-corrected chi connectivity index (χ0v) is 8.51. The van der Waals surface area contributed by atoms with Crippen molar-refractivity contribution in [1.82, 2.24) is 0 Å².